The Morgan fingerprint density at radius 1 is 1.69 bits per heavy atom. The Hall–Kier alpha value is -1.20. The number of halogens is 1. The van der Waals surface area contributed by atoms with Crippen LogP contribution in [0.15, 0.2) is 12.3 Å². The topological polar surface area (TPSA) is 51.4 Å². The van der Waals surface area contributed by atoms with E-state index in [0.717, 1.165) is 30.9 Å². The van der Waals surface area contributed by atoms with E-state index in [1.165, 1.54) is 12.3 Å². The molecule has 1 aliphatic heterocycles. The molecule has 0 bridgehead atoms. The molecule has 1 aromatic rings. The van der Waals surface area contributed by atoms with Gasteiger partial charge in [0.05, 0.1) is 12.3 Å². The van der Waals surface area contributed by atoms with Gasteiger partial charge in [-0.3, -0.25) is 0 Å². The van der Waals surface area contributed by atoms with Crippen LogP contribution in [-0.2, 0) is 11.3 Å². The van der Waals surface area contributed by atoms with Crippen LogP contribution in [0.3, 0.4) is 0 Å². The van der Waals surface area contributed by atoms with E-state index in [0.29, 0.717) is 6.54 Å². The van der Waals surface area contributed by atoms with Crippen LogP contribution in [-0.4, -0.2) is 31.3 Å². The number of anilines is 1. The summed E-state index contributed by atoms with van der Waals surface area (Å²) in [5.74, 6) is 0.440. The molecule has 0 aromatic carbocycles. The number of methoxy groups -OCH3 is 1. The van der Waals surface area contributed by atoms with Crippen LogP contribution in [0.25, 0.3) is 0 Å². The largest absolute Gasteiger partial charge is 0.380 e. The molecule has 0 amide bonds. The molecule has 0 saturated carbocycles. The molecule has 88 valence electrons. The van der Waals surface area contributed by atoms with E-state index in [1.54, 1.807) is 7.11 Å². The van der Waals surface area contributed by atoms with E-state index in [-0.39, 0.29) is 11.9 Å². The lowest BCUT2D eigenvalue weighted by Gasteiger charge is -2.19. The van der Waals surface area contributed by atoms with Crippen molar-refractivity contribution in [2.24, 2.45) is 5.73 Å². The molecule has 16 heavy (non-hydrogen) atoms. The summed E-state index contributed by atoms with van der Waals surface area (Å²) in [7, 11) is 1.70. The van der Waals surface area contributed by atoms with Gasteiger partial charge >= 0.3 is 0 Å². The van der Waals surface area contributed by atoms with E-state index in [9.17, 15) is 4.39 Å². The van der Waals surface area contributed by atoms with Crippen molar-refractivity contribution in [2.75, 3.05) is 25.1 Å². The van der Waals surface area contributed by atoms with Gasteiger partial charge in [-0.05, 0) is 12.5 Å². The third-order valence-corrected chi connectivity index (χ3v) is 2.91. The minimum atomic E-state index is -0.341. The van der Waals surface area contributed by atoms with Crippen LogP contribution in [0, 0.1) is 5.82 Å². The fourth-order valence-electron chi connectivity index (χ4n) is 2.02. The third-order valence-electron chi connectivity index (χ3n) is 2.91. The summed E-state index contributed by atoms with van der Waals surface area (Å²) in [5, 5.41) is 0. The first-order valence-corrected chi connectivity index (χ1v) is 5.37. The van der Waals surface area contributed by atoms with E-state index >= 15 is 0 Å². The Morgan fingerprint density at radius 2 is 2.50 bits per heavy atom. The number of rotatable bonds is 3. The second-order valence-corrected chi connectivity index (χ2v) is 3.93. The van der Waals surface area contributed by atoms with Crippen molar-refractivity contribution < 1.29 is 9.13 Å². The molecular weight excluding hydrogens is 209 g/mol. The molecule has 1 aliphatic rings. The van der Waals surface area contributed by atoms with Gasteiger partial charge in [-0.1, -0.05) is 0 Å². The fourth-order valence-corrected chi connectivity index (χ4v) is 2.02. The summed E-state index contributed by atoms with van der Waals surface area (Å²) in [6.07, 6.45) is 2.44. The first kappa shape index (κ1) is 11.3. The van der Waals surface area contributed by atoms with Crippen LogP contribution in [0.4, 0.5) is 10.2 Å². The molecule has 2 heterocycles. The van der Waals surface area contributed by atoms with Crippen LogP contribution in [0.2, 0.25) is 0 Å². The molecule has 1 atom stereocenters. The van der Waals surface area contributed by atoms with Crippen molar-refractivity contribution in [3.63, 3.8) is 0 Å². The zero-order valence-corrected chi connectivity index (χ0v) is 9.32. The molecule has 1 unspecified atom stereocenters. The average molecular weight is 225 g/mol. The van der Waals surface area contributed by atoms with Crippen LogP contribution < -0.4 is 10.6 Å². The van der Waals surface area contributed by atoms with Crippen molar-refractivity contribution in [2.45, 2.75) is 19.1 Å². The van der Waals surface area contributed by atoms with Crippen molar-refractivity contribution in [1.82, 2.24) is 4.98 Å². The first-order chi connectivity index (χ1) is 7.74. The van der Waals surface area contributed by atoms with Gasteiger partial charge in [-0.2, -0.15) is 0 Å². The highest BCUT2D eigenvalue weighted by Crippen LogP contribution is 2.23. The number of hydrogen-bond donors (Lipinski definition) is 1. The highest BCUT2D eigenvalue weighted by atomic mass is 19.1. The highest BCUT2D eigenvalue weighted by Gasteiger charge is 2.24. The standard InChI is InChI=1S/C11H16FN3O/c1-16-10-2-3-15(7-10)11-8(5-13)4-9(12)6-14-11/h4,6,10H,2-3,5,7,13H2,1H3. The lowest BCUT2D eigenvalue weighted by atomic mass is 10.2. The average Bonchev–Trinajstić information content (AvgIpc) is 2.77. The van der Waals surface area contributed by atoms with E-state index in [4.69, 9.17) is 10.5 Å². The van der Waals surface area contributed by atoms with E-state index < -0.39 is 0 Å². The summed E-state index contributed by atoms with van der Waals surface area (Å²) in [5.41, 5.74) is 6.34. The number of nitrogens with zero attached hydrogens (tertiary/aromatic N) is 2. The van der Waals surface area contributed by atoms with Crippen molar-refractivity contribution in [3.05, 3.63) is 23.6 Å². The van der Waals surface area contributed by atoms with Gasteiger partial charge in [0.15, 0.2) is 0 Å². The number of hydrogen-bond acceptors (Lipinski definition) is 4. The van der Waals surface area contributed by atoms with Crippen molar-refractivity contribution >= 4 is 5.82 Å². The molecule has 0 spiro atoms. The molecule has 1 aromatic heterocycles. The lowest BCUT2D eigenvalue weighted by Crippen LogP contribution is -2.25. The van der Waals surface area contributed by atoms with Crippen LogP contribution in [0.1, 0.15) is 12.0 Å². The molecule has 5 heteroatoms. The maximum absolute atomic E-state index is 13.0. The molecule has 2 N–H and O–H groups in total. The van der Waals surface area contributed by atoms with Crippen LogP contribution >= 0.6 is 0 Å². The van der Waals surface area contributed by atoms with Gasteiger partial charge in [0, 0.05) is 32.3 Å². The van der Waals surface area contributed by atoms with Crippen molar-refractivity contribution in [1.29, 1.82) is 0 Å². The maximum Gasteiger partial charge on any atom is 0.141 e. The zero-order valence-electron chi connectivity index (χ0n) is 9.32. The molecule has 1 fully saturated rings. The minimum absolute atomic E-state index is 0.234. The second-order valence-electron chi connectivity index (χ2n) is 3.93. The van der Waals surface area contributed by atoms with Gasteiger partial charge in [0.1, 0.15) is 11.6 Å². The maximum atomic E-state index is 13.0. The number of nitrogens with two attached hydrogens (primary N) is 1. The summed E-state index contributed by atoms with van der Waals surface area (Å²) in [6.45, 7) is 1.97. The zero-order chi connectivity index (χ0) is 11.5. The fraction of sp³-hybridized carbons (Fsp3) is 0.545. The smallest absolute Gasteiger partial charge is 0.141 e. The summed E-state index contributed by atoms with van der Waals surface area (Å²) in [6, 6.07) is 1.45. The normalized spacial score (nSPS) is 20.4. The number of pyridine rings is 1. The van der Waals surface area contributed by atoms with Gasteiger partial charge in [0.2, 0.25) is 0 Å². The SMILES string of the molecule is COC1CCN(c2ncc(F)cc2CN)C1. The van der Waals surface area contributed by atoms with Crippen LogP contribution in [0.5, 0.6) is 0 Å². The molecule has 1 saturated heterocycles. The van der Waals surface area contributed by atoms with Gasteiger partial charge in [-0.15, -0.1) is 0 Å². The Labute approximate surface area is 94.2 Å². The molecule has 4 nitrogen and oxygen atoms in total. The number of ether oxygens (including phenoxy) is 1. The molecule has 0 aliphatic carbocycles. The third kappa shape index (κ3) is 2.15. The monoisotopic (exact) mass is 225 g/mol. The molecule has 0 radical (unpaired) electrons. The summed E-state index contributed by atoms with van der Waals surface area (Å²) < 4.78 is 18.3. The van der Waals surface area contributed by atoms with Gasteiger partial charge < -0.3 is 15.4 Å². The number of aromatic nitrogens is 1. The summed E-state index contributed by atoms with van der Waals surface area (Å²) >= 11 is 0. The predicted octanol–water partition coefficient (Wildman–Crippen LogP) is 0.904. The second kappa shape index (κ2) is 4.76. The Balaban J connectivity index is 2.20. The van der Waals surface area contributed by atoms with Crippen molar-refractivity contribution in [3.8, 4) is 0 Å². The highest BCUT2D eigenvalue weighted by molar-refractivity contribution is 5.47. The van der Waals surface area contributed by atoms with E-state index in [2.05, 4.69) is 9.88 Å². The molecule has 2 rings (SSSR count). The van der Waals surface area contributed by atoms with E-state index in [1.807, 2.05) is 0 Å². The Kier molecular flexibility index (Phi) is 3.36. The van der Waals surface area contributed by atoms with Gasteiger partial charge in [-0.25, -0.2) is 9.37 Å². The minimum Gasteiger partial charge on any atom is -0.380 e. The lowest BCUT2D eigenvalue weighted by molar-refractivity contribution is 0.121. The molecular formula is C11H16FN3O. The first-order valence-electron chi connectivity index (χ1n) is 5.37. The predicted molar refractivity (Wildman–Crippen MR) is 59.7 cm³/mol. The summed E-state index contributed by atoms with van der Waals surface area (Å²) in [4.78, 5) is 6.21. The Bertz CT molecular complexity index is 372. The quantitative estimate of drug-likeness (QED) is 0.830. The Morgan fingerprint density at radius 3 is 3.12 bits per heavy atom. The van der Waals surface area contributed by atoms with Gasteiger partial charge in [0.25, 0.3) is 0 Å².